The number of aliphatic hydroxyl groups is 1. The van der Waals surface area contributed by atoms with Gasteiger partial charge >= 0.3 is 5.97 Å². The number of nitrogens with zero attached hydrogens (tertiary/aromatic N) is 1. The lowest BCUT2D eigenvalue weighted by Gasteiger charge is -2.26. The molecule has 7 nitrogen and oxygen atoms in total. The first-order valence-electron chi connectivity index (χ1n) is 10.7. The number of Topliss-reactive ketones (excluding diaryl/α,β-unsaturated/α-hetero) is 1. The number of hydrogen-bond donors (Lipinski definition) is 1. The lowest BCUT2D eigenvalue weighted by Crippen LogP contribution is -2.29. The number of anilines is 1. The minimum atomic E-state index is -0.937. The van der Waals surface area contributed by atoms with Gasteiger partial charge in [-0.05, 0) is 42.8 Å². The number of carbonyl (C=O) groups is 3. The molecule has 1 heterocycles. The van der Waals surface area contributed by atoms with Gasteiger partial charge in [-0.15, -0.1) is 0 Å². The zero-order chi connectivity index (χ0) is 24.2. The Morgan fingerprint density at radius 3 is 2.35 bits per heavy atom. The molecule has 1 saturated heterocycles. The number of rotatable bonds is 6. The fourth-order valence-corrected chi connectivity index (χ4v) is 3.97. The molecule has 7 heteroatoms. The summed E-state index contributed by atoms with van der Waals surface area (Å²) < 4.78 is 10.4. The minimum Gasteiger partial charge on any atom is -0.507 e. The Hall–Kier alpha value is -4.39. The maximum atomic E-state index is 13.3. The predicted molar refractivity (Wildman–Crippen MR) is 127 cm³/mol. The van der Waals surface area contributed by atoms with Gasteiger partial charge in [0.25, 0.3) is 11.7 Å². The van der Waals surface area contributed by atoms with Gasteiger partial charge in [0.2, 0.25) is 0 Å². The van der Waals surface area contributed by atoms with Crippen LogP contribution in [0.15, 0.2) is 84.4 Å². The van der Waals surface area contributed by atoms with E-state index in [2.05, 4.69) is 0 Å². The third-order valence-corrected chi connectivity index (χ3v) is 5.54. The van der Waals surface area contributed by atoms with Crippen LogP contribution in [-0.2, 0) is 14.3 Å². The molecule has 0 aliphatic carbocycles. The van der Waals surface area contributed by atoms with Gasteiger partial charge in [0, 0.05) is 11.3 Å². The average molecular weight is 457 g/mol. The Balaban J connectivity index is 1.92. The van der Waals surface area contributed by atoms with Crippen LogP contribution in [0.5, 0.6) is 5.75 Å². The molecule has 172 valence electrons. The second-order valence-corrected chi connectivity index (χ2v) is 7.58. The van der Waals surface area contributed by atoms with E-state index in [1.165, 1.54) is 18.1 Å². The van der Waals surface area contributed by atoms with E-state index in [1.54, 1.807) is 79.7 Å². The molecule has 0 saturated carbocycles. The highest BCUT2D eigenvalue weighted by Gasteiger charge is 2.47. The number of esters is 1. The number of methoxy groups -OCH3 is 1. The minimum absolute atomic E-state index is 0.0500. The van der Waals surface area contributed by atoms with E-state index in [4.69, 9.17) is 9.47 Å². The van der Waals surface area contributed by atoms with Crippen LogP contribution < -0.4 is 9.64 Å². The van der Waals surface area contributed by atoms with Crippen LogP contribution in [0.3, 0.4) is 0 Å². The van der Waals surface area contributed by atoms with E-state index in [0.717, 1.165) is 0 Å². The maximum absolute atomic E-state index is 13.3. The molecule has 34 heavy (non-hydrogen) atoms. The molecule has 1 aliphatic heterocycles. The van der Waals surface area contributed by atoms with Crippen molar-refractivity contribution in [2.75, 3.05) is 18.6 Å². The second-order valence-electron chi connectivity index (χ2n) is 7.58. The summed E-state index contributed by atoms with van der Waals surface area (Å²) in [7, 11) is 1.52. The standard InChI is InChI=1S/C27H23NO6/c1-3-34-27(32)19-12-7-13-20(15-19)28-23(18-11-8-14-21(16-18)33-2)22(25(30)26(28)31)24(29)17-9-5-4-6-10-17/h4-16,23,29H,3H2,1-2H3/b24-22+. The smallest absolute Gasteiger partial charge is 0.338 e. The van der Waals surface area contributed by atoms with Crippen LogP contribution in [0.1, 0.15) is 34.5 Å². The first-order valence-corrected chi connectivity index (χ1v) is 10.7. The Morgan fingerprint density at radius 2 is 1.65 bits per heavy atom. The van der Waals surface area contributed by atoms with Gasteiger partial charge in [0.05, 0.1) is 30.9 Å². The van der Waals surface area contributed by atoms with Crippen molar-refractivity contribution in [1.29, 1.82) is 0 Å². The van der Waals surface area contributed by atoms with Gasteiger partial charge in [-0.2, -0.15) is 0 Å². The molecule has 1 aliphatic rings. The summed E-state index contributed by atoms with van der Waals surface area (Å²) in [6.07, 6.45) is 0. The Labute approximate surface area is 196 Å². The number of hydrogen-bond acceptors (Lipinski definition) is 6. The molecular weight excluding hydrogens is 434 g/mol. The number of benzene rings is 3. The summed E-state index contributed by atoms with van der Waals surface area (Å²) in [5, 5.41) is 11.1. The quantitative estimate of drug-likeness (QED) is 0.254. The van der Waals surface area contributed by atoms with Crippen molar-refractivity contribution < 1.29 is 29.0 Å². The molecule has 0 aromatic heterocycles. The third-order valence-electron chi connectivity index (χ3n) is 5.54. The highest BCUT2D eigenvalue weighted by atomic mass is 16.5. The third kappa shape index (κ3) is 4.15. The molecule has 1 fully saturated rings. The van der Waals surface area contributed by atoms with Gasteiger partial charge in [-0.1, -0.05) is 48.5 Å². The van der Waals surface area contributed by atoms with E-state index in [9.17, 15) is 19.5 Å². The fraction of sp³-hybridized carbons (Fsp3) is 0.148. The van der Waals surface area contributed by atoms with Gasteiger partial charge in [0.15, 0.2) is 0 Å². The molecule has 3 aromatic rings. The van der Waals surface area contributed by atoms with Crippen molar-refractivity contribution in [3.05, 3.63) is 101 Å². The monoisotopic (exact) mass is 457 g/mol. The second kappa shape index (κ2) is 9.62. The molecule has 1 atom stereocenters. The number of carbonyl (C=O) groups excluding carboxylic acids is 3. The van der Waals surface area contributed by atoms with Gasteiger partial charge in [-0.3, -0.25) is 14.5 Å². The highest BCUT2D eigenvalue weighted by molar-refractivity contribution is 6.51. The summed E-state index contributed by atoms with van der Waals surface area (Å²) >= 11 is 0. The van der Waals surface area contributed by atoms with Crippen molar-refractivity contribution in [1.82, 2.24) is 0 Å². The number of aliphatic hydroxyl groups excluding tert-OH is 1. The van der Waals surface area contributed by atoms with Crippen molar-refractivity contribution >= 4 is 29.1 Å². The van der Waals surface area contributed by atoms with Crippen molar-refractivity contribution in [2.24, 2.45) is 0 Å². The number of ether oxygens (including phenoxy) is 2. The molecule has 1 amide bonds. The van der Waals surface area contributed by atoms with Gasteiger partial charge in [-0.25, -0.2) is 4.79 Å². The normalized spacial score (nSPS) is 17.0. The van der Waals surface area contributed by atoms with Crippen LogP contribution in [0.25, 0.3) is 5.76 Å². The number of ketones is 1. The van der Waals surface area contributed by atoms with Gasteiger partial charge < -0.3 is 14.6 Å². The first-order chi connectivity index (χ1) is 16.5. The largest absolute Gasteiger partial charge is 0.507 e. The van der Waals surface area contributed by atoms with Crippen LogP contribution in [0, 0.1) is 0 Å². The van der Waals surface area contributed by atoms with E-state index < -0.39 is 23.7 Å². The Kier molecular flexibility index (Phi) is 6.45. The molecule has 4 rings (SSSR count). The molecule has 0 radical (unpaired) electrons. The van der Waals surface area contributed by atoms with Crippen molar-refractivity contribution in [3.63, 3.8) is 0 Å². The molecule has 1 N–H and O–H groups in total. The first kappa shape index (κ1) is 22.8. The summed E-state index contributed by atoms with van der Waals surface area (Å²) in [5.41, 5.74) is 1.50. The van der Waals surface area contributed by atoms with Crippen LogP contribution in [0.4, 0.5) is 5.69 Å². The molecule has 1 unspecified atom stereocenters. The van der Waals surface area contributed by atoms with E-state index in [0.29, 0.717) is 22.6 Å². The molecule has 0 bridgehead atoms. The number of amides is 1. The molecular formula is C27H23NO6. The van der Waals surface area contributed by atoms with Crippen molar-refractivity contribution in [2.45, 2.75) is 13.0 Å². The van der Waals surface area contributed by atoms with Crippen LogP contribution in [0.2, 0.25) is 0 Å². The van der Waals surface area contributed by atoms with Gasteiger partial charge in [0.1, 0.15) is 11.5 Å². The molecule has 0 spiro atoms. The Morgan fingerprint density at radius 1 is 0.941 bits per heavy atom. The summed E-state index contributed by atoms with van der Waals surface area (Å²) in [5.74, 6) is -1.93. The van der Waals surface area contributed by atoms with E-state index in [-0.39, 0.29) is 23.5 Å². The SMILES string of the molecule is CCOC(=O)c1cccc(N2C(=O)C(=O)/C(=C(/O)c3ccccc3)C2c2cccc(OC)c2)c1. The van der Waals surface area contributed by atoms with E-state index in [1.807, 2.05) is 0 Å². The summed E-state index contributed by atoms with van der Waals surface area (Å²) in [6.45, 7) is 1.90. The lowest BCUT2D eigenvalue weighted by atomic mass is 9.95. The lowest BCUT2D eigenvalue weighted by molar-refractivity contribution is -0.132. The zero-order valence-electron chi connectivity index (χ0n) is 18.7. The maximum Gasteiger partial charge on any atom is 0.338 e. The predicted octanol–water partition coefficient (Wildman–Crippen LogP) is 4.50. The highest BCUT2D eigenvalue weighted by Crippen LogP contribution is 2.43. The summed E-state index contributed by atoms with van der Waals surface area (Å²) in [4.78, 5) is 40.1. The van der Waals surface area contributed by atoms with Crippen LogP contribution >= 0.6 is 0 Å². The Bertz CT molecular complexity index is 1280. The van der Waals surface area contributed by atoms with Crippen molar-refractivity contribution in [3.8, 4) is 5.75 Å². The fourth-order valence-electron chi connectivity index (χ4n) is 3.97. The zero-order valence-corrected chi connectivity index (χ0v) is 18.7. The average Bonchev–Trinajstić information content (AvgIpc) is 3.14. The van der Waals surface area contributed by atoms with Crippen LogP contribution in [-0.4, -0.2) is 36.5 Å². The molecule has 3 aromatic carbocycles. The summed E-state index contributed by atoms with van der Waals surface area (Å²) in [6, 6.07) is 20.9. The topological polar surface area (TPSA) is 93.1 Å². The van der Waals surface area contributed by atoms with E-state index >= 15 is 0 Å².